The highest BCUT2D eigenvalue weighted by Gasteiger charge is 2.29. The van der Waals surface area contributed by atoms with Gasteiger partial charge in [-0.15, -0.1) is 0 Å². The van der Waals surface area contributed by atoms with E-state index >= 15 is 0 Å². The average molecular weight is 424 g/mol. The Morgan fingerprint density at radius 3 is 2.77 bits per heavy atom. The van der Waals surface area contributed by atoms with E-state index in [0.29, 0.717) is 60.3 Å². The van der Waals surface area contributed by atoms with Gasteiger partial charge in [0.1, 0.15) is 12.4 Å². The molecule has 1 atom stereocenters. The Kier molecular flexibility index (Phi) is 5.17. The predicted molar refractivity (Wildman–Crippen MR) is 112 cm³/mol. The summed E-state index contributed by atoms with van der Waals surface area (Å²) in [6.45, 7) is 2.46. The van der Waals surface area contributed by atoms with Crippen LogP contribution in [0.5, 0.6) is 11.5 Å². The molecule has 2 aromatic carbocycles. The third kappa shape index (κ3) is 3.91. The normalized spacial score (nSPS) is 18.0. The molecule has 2 aliphatic rings. The zero-order valence-corrected chi connectivity index (χ0v) is 16.6. The lowest BCUT2D eigenvalue weighted by atomic mass is 10.1. The number of amides is 1. The van der Waals surface area contributed by atoms with Crippen LogP contribution in [0.2, 0.25) is 0 Å². The number of anilines is 2. The van der Waals surface area contributed by atoms with Crippen molar-refractivity contribution in [2.45, 2.75) is 6.10 Å². The van der Waals surface area contributed by atoms with E-state index in [4.69, 9.17) is 14.2 Å². The molecule has 0 spiro atoms. The molecular weight excluding hydrogens is 403 g/mol. The zero-order chi connectivity index (χ0) is 21.2. The lowest BCUT2D eigenvalue weighted by Gasteiger charge is -2.31. The van der Waals surface area contributed by atoms with E-state index in [1.54, 1.807) is 30.6 Å². The molecule has 160 valence electrons. The molecule has 5 rings (SSSR count). The first-order valence-electron chi connectivity index (χ1n) is 10.0. The number of hydrogen-bond donors (Lipinski definition) is 2. The molecule has 1 fully saturated rings. The number of H-pyrrole nitrogens is 1. The summed E-state index contributed by atoms with van der Waals surface area (Å²) in [5.41, 5.74) is 2.12. The van der Waals surface area contributed by atoms with E-state index in [1.807, 2.05) is 12.1 Å². The van der Waals surface area contributed by atoms with Crippen LogP contribution in [0.3, 0.4) is 0 Å². The largest absolute Gasteiger partial charge is 0.485 e. The van der Waals surface area contributed by atoms with Crippen molar-refractivity contribution in [3.63, 3.8) is 0 Å². The van der Waals surface area contributed by atoms with Crippen LogP contribution in [0.1, 0.15) is 0 Å². The lowest BCUT2D eigenvalue weighted by Crippen LogP contribution is -2.41. The molecule has 2 aliphatic heterocycles. The van der Waals surface area contributed by atoms with Gasteiger partial charge in [0.05, 0.1) is 30.8 Å². The number of fused-ring (bicyclic) bond motifs is 1. The molecule has 31 heavy (non-hydrogen) atoms. The van der Waals surface area contributed by atoms with E-state index in [9.17, 15) is 9.18 Å². The second kappa shape index (κ2) is 8.27. The van der Waals surface area contributed by atoms with Gasteiger partial charge in [0, 0.05) is 36.5 Å². The molecule has 1 saturated heterocycles. The van der Waals surface area contributed by atoms with Crippen molar-refractivity contribution in [1.29, 1.82) is 0 Å². The highest BCUT2D eigenvalue weighted by molar-refractivity contribution is 5.98. The topological polar surface area (TPSA) is 88.7 Å². The fraction of sp³-hybridized carbons (Fsp3) is 0.273. The summed E-state index contributed by atoms with van der Waals surface area (Å²) in [6, 6.07) is 10.2. The standard InChI is InChI=1S/C22H21FN4O4/c23-16-10-17(26-22(28)21-13-30-19-3-1-2-4-20(19)31-21)18(27-5-7-29-8-6-27)9-15(16)14-11-24-25-12-14/h1-4,9-12,21H,5-8,13H2,(H,24,25)(H,26,28)/t21-/m0/s1. The molecule has 9 heteroatoms. The van der Waals surface area contributed by atoms with Crippen molar-refractivity contribution < 1.29 is 23.4 Å². The molecule has 8 nitrogen and oxygen atoms in total. The number of para-hydroxylation sites is 2. The Balaban J connectivity index is 1.43. The molecule has 0 saturated carbocycles. The average Bonchev–Trinajstić information content (AvgIpc) is 3.34. The van der Waals surface area contributed by atoms with Crippen LogP contribution in [0.25, 0.3) is 11.1 Å². The smallest absolute Gasteiger partial charge is 0.269 e. The minimum atomic E-state index is -0.843. The van der Waals surface area contributed by atoms with E-state index in [1.165, 1.54) is 6.07 Å². The molecule has 1 aromatic heterocycles. The molecule has 0 aliphatic carbocycles. The summed E-state index contributed by atoms with van der Waals surface area (Å²) in [5.74, 6) is 0.235. The van der Waals surface area contributed by atoms with Crippen LogP contribution in [-0.2, 0) is 9.53 Å². The summed E-state index contributed by atoms with van der Waals surface area (Å²) in [7, 11) is 0. The maximum atomic E-state index is 15.0. The summed E-state index contributed by atoms with van der Waals surface area (Å²) in [6.07, 6.45) is 2.35. The maximum Gasteiger partial charge on any atom is 0.269 e. The van der Waals surface area contributed by atoms with Crippen LogP contribution >= 0.6 is 0 Å². The molecule has 3 aromatic rings. The van der Waals surface area contributed by atoms with E-state index in [2.05, 4.69) is 20.4 Å². The third-order valence-electron chi connectivity index (χ3n) is 5.31. The van der Waals surface area contributed by atoms with Gasteiger partial charge in [0.15, 0.2) is 11.5 Å². The van der Waals surface area contributed by atoms with Gasteiger partial charge in [-0.05, 0) is 18.2 Å². The predicted octanol–water partition coefficient (Wildman–Crippen LogP) is 2.83. The maximum absolute atomic E-state index is 15.0. The van der Waals surface area contributed by atoms with Crippen molar-refractivity contribution in [2.24, 2.45) is 0 Å². The Hall–Kier alpha value is -3.59. The molecular formula is C22H21FN4O4. The van der Waals surface area contributed by atoms with Crippen LogP contribution in [0, 0.1) is 5.82 Å². The number of nitrogens with one attached hydrogen (secondary N) is 2. The van der Waals surface area contributed by atoms with Gasteiger partial charge in [-0.2, -0.15) is 5.10 Å². The third-order valence-corrected chi connectivity index (χ3v) is 5.31. The van der Waals surface area contributed by atoms with Crippen molar-refractivity contribution in [3.8, 4) is 22.6 Å². The molecule has 2 N–H and O–H groups in total. The highest BCUT2D eigenvalue weighted by Crippen LogP contribution is 2.35. The number of carbonyl (C=O) groups is 1. The molecule has 0 bridgehead atoms. The molecule has 1 amide bonds. The van der Waals surface area contributed by atoms with Gasteiger partial charge in [0.2, 0.25) is 6.10 Å². The number of rotatable bonds is 4. The quantitative estimate of drug-likeness (QED) is 0.670. The van der Waals surface area contributed by atoms with Crippen LogP contribution in [0.4, 0.5) is 15.8 Å². The Bertz CT molecular complexity index is 1080. The van der Waals surface area contributed by atoms with Crippen LogP contribution < -0.4 is 19.7 Å². The van der Waals surface area contributed by atoms with Crippen molar-refractivity contribution in [1.82, 2.24) is 10.2 Å². The molecule has 0 unspecified atom stereocenters. The first kappa shape index (κ1) is 19.4. The second-order valence-corrected chi connectivity index (χ2v) is 7.29. The first-order valence-corrected chi connectivity index (χ1v) is 10.0. The number of nitrogens with zero attached hydrogens (tertiary/aromatic N) is 2. The number of ether oxygens (including phenoxy) is 3. The number of carbonyl (C=O) groups excluding carboxylic acids is 1. The summed E-state index contributed by atoms with van der Waals surface area (Å²) in [5, 5.41) is 9.44. The van der Waals surface area contributed by atoms with Crippen LogP contribution in [0.15, 0.2) is 48.8 Å². The fourth-order valence-corrected chi connectivity index (χ4v) is 3.71. The van der Waals surface area contributed by atoms with E-state index < -0.39 is 17.8 Å². The van der Waals surface area contributed by atoms with Gasteiger partial charge in [0.25, 0.3) is 5.91 Å². The van der Waals surface area contributed by atoms with Crippen molar-refractivity contribution in [3.05, 3.63) is 54.6 Å². The number of halogens is 1. The number of aromatic amines is 1. The minimum absolute atomic E-state index is 0.0747. The van der Waals surface area contributed by atoms with Crippen LogP contribution in [-0.4, -0.2) is 55.1 Å². The number of hydrogen-bond acceptors (Lipinski definition) is 6. The second-order valence-electron chi connectivity index (χ2n) is 7.29. The lowest BCUT2D eigenvalue weighted by molar-refractivity contribution is -0.125. The van der Waals surface area contributed by atoms with Gasteiger partial charge in [-0.1, -0.05) is 12.1 Å². The Morgan fingerprint density at radius 1 is 1.19 bits per heavy atom. The Labute approximate surface area is 177 Å². The van der Waals surface area contributed by atoms with Crippen molar-refractivity contribution in [2.75, 3.05) is 43.1 Å². The molecule has 0 radical (unpaired) electrons. The summed E-state index contributed by atoms with van der Waals surface area (Å²) >= 11 is 0. The van der Waals surface area contributed by atoms with Crippen molar-refractivity contribution >= 4 is 17.3 Å². The molecule has 3 heterocycles. The number of benzene rings is 2. The van der Waals surface area contributed by atoms with Gasteiger partial charge < -0.3 is 24.4 Å². The summed E-state index contributed by atoms with van der Waals surface area (Å²) in [4.78, 5) is 15.0. The number of morpholine rings is 1. The Morgan fingerprint density at radius 2 is 2.00 bits per heavy atom. The SMILES string of the molecule is O=C(Nc1cc(F)c(-c2cn[nH]c2)cc1N1CCOCC1)[C@@H]1COc2ccccc2O1. The van der Waals surface area contributed by atoms with Gasteiger partial charge in [-0.3, -0.25) is 9.89 Å². The zero-order valence-electron chi connectivity index (χ0n) is 16.6. The monoisotopic (exact) mass is 424 g/mol. The first-order chi connectivity index (χ1) is 15.2. The van der Waals surface area contributed by atoms with Gasteiger partial charge >= 0.3 is 0 Å². The number of aromatic nitrogens is 2. The minimum Gasteiger partial charge on any atom is -0.485 e. The fourth-order valence-electron chi connectivity index (χ4n) is 3.71. The summed E-state index contributed by atoms with van der Waals surface area (Å²) < 4.78 is 31.8. The van der Waals surface area contributed by atoms with E-state index in [-0.39, 0.29) is 6.61 Å². The van der Waals surface area contributed by atoms with E-state index in [0.717, 1.165) is 0 Å². The van der Waals surface area contributed by atoms with Gasteiger partial charge in [-0.25, -0.2) is 4.39 Å². The highest BCUT2D eigenvalue weighted by atomic mass is 19.1.